The Morgan fingerprint density at radius 2 is 2.03 bits per heavy atom. The van der Waals surface area contributed by atoms with Crippen LogP contribution < -0.4 is 10.6 Å². The summed E-state index contributed by atoms with van der Waals surface area (Å²) in [7, 11) is 1.91. The minimum atomic E-state index is -0.407. The average molecular weight is 396 g/mol. The number of nitrogens with zero attached hydrogens (tertiary/aromatic N) is 4. The maximum atomic E-state index is 13.0. The first-order valence-electron chi connectivity index (χ1n) is 9.35. The number of anilines is 1. The molecule has 150 valence electrons. The minimum Gasteiger partial charge on any atom is -0.344 e. The molecule has 0 radical (unpaired) electrons. The normalized spacial score (nSPS) is 14.4. The fourth-order valence-corrected chi connectivity index (χ4v) is 3.18. The van der Waals surface area contributed by atoms with Gasteiger partial charge in [0, 0.05) is 31.2 Å². The van der Waals surface area contributed by atoms with Crippen LogP contribution in [-0.2, 0) is 18.4 Å². The van der Waals surface area contributed by atoms with Crippen LogP contribution in [0.25, 0.3) is 0 Å². The summed E-state index contributed by atoms with van der Waals surface area (Å²) < 4.78 is 16.3. The number of amides is 2. The van der Waals surface area contributed by atoms with E-state index >= 15 is 0 Å². The molecule has 8 nitrogen and oxygen atoms in total. The second kappa shape index (κ2) is 7.86. The summed E-state index contributed by atoms with van der Waals surface area (Å²) in [6.07, 6.45) is 8.76. The summed E-state index contributed by atoms with van der Waals surface area (Å²) in [6.45, 7) is 0.0278. The molecule has 0 spiro atoms. The van der Waals surface area contributed by atoms with E-state index in [1.54, 1.807) is 12.4 Å². The van der Waals surface area contributed by atoms with Crippen LogP contribution in [0.4, 0.5) is 10.1 Å². The van der Waals surface area contributed by atoms with Gasteiger partial charge in [0.1, 0.15) is 18.2 Å². The average Bonchev–Trinajstić information content (AvgIpc) is 3.31. The fraction of sp³-hybridized carbons (Fsp3) is 0.300. The standard InChI is InChI=1S/C20H21FN6O2/c1-26-9-8-22-19(26)18(13-2-3-13)25-17(28)12-27-11-16(10-23-27)24-20(29)14-4-6-15(21)7-5-14/h4-11,13,18H,2-3,12H2,1H3,(H,24,29)(H,25,28)/t18-/m0/s1. The molecule has 2 N–H and O–H groups in total. The van der Waals surface area contributed by atoms with Crippen LogP contribution in [0.5, 0.6) is 0 Å². The lowest BCUT2D eigenvalue weighted by molar-refractivity contribution is -0.122. The molecule has 29 heavy (non-hydrogen) atoms. The summed E-state index contributed by atoms with van der Waals surface area (Å²) in [5.74, 6) is 0.286. The van der Waals surface area contributed by atoms with Crippen LogP contribution >= 0.6 is 0 Å². The molecule has 3 aromatic rings. The zero-order chi connectivity index (χ0) is 20.4. The molecule has 0 unspecified atom stereocenters. The second-order valence-corrected chi connectivity index (χ2v) is 7.17. The SMILES string of the molecule is Cn1ccnc1[C@@H](NC(=O)Cn1cc(NC(=O)c2ccc(F)cc2)cn1)C1CC1. The summed E-state index contributed by atoms with van der Waals surface area (Å²) in [5.41, 5.74) is 0.786. The summed E-state index contributed by atoms with van der Waals surface area (Å²) in [5, 5.41) is 9.85. The highest BCUT2D eigenvalue weighted by molar-refractivity contribution is 6.04. The second-order valence-electron chi connectivity index (χ2n) is 7.17. The predicted molar refractivity (Wildman–Crippen MR) is 103 cm³/mol. The van der Waals surface area contributed by atoms with E-state index in [0.717, 1.165) is 18.7 Å². The number of aryl methyl sites for hydroxylation is 1. The Bertz CT molecular complexity index is 1020. The Balaban J connectivity index is 1.36. The van der Waals surface area contributed by atoms with Gasteiger partial charge in [-0.2, -0.15) is 5.10 Å². The Morgan fingerprint density at radius 3 is 2.69 bits per heavy atom. The van der Waals surface area contributed by atoms with Crippen molar-refractivity contribution in [2.45, 2.75) is 25.4 Å². The molecule has 0 aliphatic heterocycles. The van der Waals surface area contributed by atoms with Gasteiger partial charge in [-0.1, -0.05) is 0 Å². The maximum Gasteiger partial charge on any atom is 0.255 e. The topological polar surface area (TPSA) is 93.8 Å². The van der Waals surface area contributed by atoms with Crippen LogP contribution in [0.1, 0.15) is 35.1 Å². The van der Waals surface area contributed by atoms with Crippen molar-refractivity contribution in [1.29, 1.82) is 0 Å². The fourth-order valence-electron chi connectivity index (χ4n) is 3.18. The number of halogens is 1. The van der Waals surface area contributed by atoms with Gasteiger partial charge in [0.25, 0.3) is 5.91 Å². The third kappa shape index (κ3) is 4.50. The van der Waals surface area contributed by atoms with Crippen LogP contribution in [0, 0.1) is 11.7 Å². The van der Waals surface area contributed by atoms with E-state index in [9.17, 15) is 14.0 Å². The molecule has 2 amide bonds. The van der Waals surface area contributed by atoms with E-state index in [-0.39, 0.29) is 24.4 Å². The minimum absolute atomic E-state index is 0.0278. The first kappa shape index (κ1) is 18.9. The molecule has 2 heterocycles. The number of imidazole rings is 1. The lowest BCUT2D eigenvalue weighted by Crippen LogP contribution is -2.34. The van der Waals surface area contributed by atoms with Crippen molar-refractivity contribution in [3.63, 3.8) is 0 Å². The van der Waals surface area contributed by atoms with Crippen LogP contribution in [-0.4, -0.2) is 31.1 Å². The number of benzene rings is 1. The number of carbonyl (C=O) groups is 2. The monoisotopic (exact) mass is 396 g/mol. The van der Waals surface area contributed by atoms with Crippen molar-refractivity contribution in [2.75, 3.05) is 5.32 Å². The van der Waals surface area contributed by atoms with Crippen LogP contribution in [0.2, 0.25) is 0 Å². The van der Waals surface area contributed by atoms with Gasteiger partial charge in [0.15, 0.2) is 0 Å². The first-order chi connectivity index (χ1) is 14.0. The van der Waals surface area contributed by atoms with Crippen molar-refractivity contribution in [2.24, 2.45) is 13.0 Å². The van der Waals surface area contributed by atoms with E-state index in [0.29, 0.717) is 17.2 Å². The molecule has 9 heteroatoms. The highest BCUT2D eigenvalue weighted by Crippen LogP contribution is 2.40. The molecular formula is C20H21FN6O2. The Morgan fingerprint density at radius 1 is 1.28 bits per heavy atom. The van der Waals surface area contributed by atoms with E-state index in [4.69, 9.17) is 0 Å². The zero-order valence-corrected chi connectivity index (χ0v) is 15.9. The lowest BCUT2D eigenvalue weighted by Gasteiger charge is -2.18. The first-order valence-corrected chi connectivity index (χ1v) is 9.35. The third-order valence-corrected chi connectivity index (χ3v) is 4.85. The van der Waals surface area contributed by atoms with Crippen molar-refractivity contribution in [1.82, 2.24) is 24.6 Å². The highest BCUT2D eigenvalue weighted by atomic mass is 19.1. The van der Waals surface area contributed by atoms with Crippen molar-refractivity contribution in [3.05, 3.63) is 66.3 Å². The van der Waals surface area contributed by atoms with Gasteiger partial charge in [0.2, 0.25) is 5.91 Å². The van der Waals surface area contributed by atoms with Gasteiger partial charge in [-0.15, -0.1) is 0 Å². The number of aromatic nitrogens is 4. The summed E-state index contributed by atoms with van der Waals surface area (Å²) in [6, 6.07) is 5.13. The van der Waals surface area contributed by atoms with Gasteiger partial charge in [0.05, 0.1) is 17.9 Å². The predicted octanol–water partition coefficient (Wildman–Crippen LogP) is 2.28. The number of carbonyl (C=O) groups excluding carboxylic acids is 2. The lowest BCUT2D eigenvalue weighted by atomic mass is 10.1. The molecule has 1 saturated carbocycles. The molecule has 1 aliphatic carbocycles. The molecule has 1 aromatic carbocycles. The van der Waals surface area contributed by atoms with Crippen LogP contribution in [0.15, 0.2) is 49.1 Å². The zero-order valence-electron chi connectivity index (χ0n) is 15.9. The van der Waals surface area contributed by atoms with Crippen molar-refractivity contribution in [3.8, 4) is 0 Å². The molecular weight excluding hydrogens is 375 g/mol. The van der Waals surface area contributed by atoms with Gasteiger partial charge in [-0.25, -0.2) is 9.37 Å². The van der Waals surface area contributed by atoms with E-state index < -0.39 is 5.82 Å². The Hall–Kier alpha value is -3.49. The van der Waals surface area contributed by atoms with Crippen molar-refractivity contribution >= 4 is 17.5 Å². The van der Waals surface area contributed by atoms with Gasteiger partial charge < -0.3 is 15.2 Å². The van der Waals surface area contributed by atoms with E-state index in [2.05, 4.69) is 20.7 Å². The third-order valence-electron chi connectivity index (χ3n) is 4.85. The Kier molecular flexibility index (Phi) is 5.11. The largest absolute Gasteiger partial charge is 0.344 e. The molecule has 4 rings (SSSR count). The molecule has 2 aromatic heterocycles. The molecule has 0 bridgehead atoms. The van der Waals surface area contributed by atoms with Gasteiger partial charge >= 0.3 is 0 Å². The molecule has 1 fully saturated rings. The number of rotatable bonds is 7. The highest BCUT2D eigenvalue weighted by Gasteiger charge is 2.35. The van der Waals surface area contributed by atoms with Crippen LogP contribution in [0.3, 0.4) is 0 Å². The maximum absolute atomic E-state index is 13.0. The number of hydrogen-bond acceptors (Lipinski definition) is 4. The molecule has 1 aliphatic rings. The Labute approximate surface area is 166 Å². The molecule has 1 atom stereocenters. The summed E-state index contributed by atoms with van der Waals surface area (Å²) >= 11 is 0. The quantitative estimate of drug-likeness (QED) is 0.641. The molecule has 0 saturated heterocycles. The summed E-state index contributed by atoms with van der Waals surface area (Å²) in [4.78, 5) is 29.1. The number of hydrogen-bond donors (Lipinski definition) is 2. The van der Waals surface area contributed by atoms with E-state index in [1.807, 2.05) is 17.8 Å². The van der Waals surface area contributed by atoms with Crippen molar-refractivity contribution < 1.29 is 14.0 Å². The van der Waals surface area contributed by atoms with Gasteiger partial charge in [-0.3, -0.25) is 14.3 Å². The number of nitrogens with one attached hydrogen (secondary N) is 2. The van der Waals surface area contributed by atoms with E-state index in [1.165, 1.54) is 35.1 Å². The smallest absolute Gasteiger partial charge is 0.255 e. The van der Waals surface area contributed by atoms with Gasteiger partial charge in [-0.05, 0) is 43.0 Å².